The van der Waals surface area contributed by atoms with Gasteiger partial charge in [-0.05, 0) is 18.5 Å². The van der Waals surface area contributed by atoms with E-state index in [1.165, 1.54) is 0 Å². The first-order valence-corrected chi connectivity index (χ1v) is 3.63. The SMILES string of the molecule is C=CN/C=C(\N)C[C@H](C)CO. The van der Waals surface area contributed by atoms with Crippen LogP contribution in [0.4, 0.5) is 0 Å². The maximum Gasteiger partial charge on any atom is 0.0460 e. The van der Waals surface area contributed by atoms with Gasteiger partial charge in [0.15, 0.2) is 0 Å². The van der Waals surface area contributed by atoms with E-state index >= 15 is 0 Å². The summed E-state index contributed by atoms with van der Waals surface area (Å²) >= 11 is 0. The Morgan fingerprint density at radius 1 is 1.82 bits per heavy atom. The summed E-state index contributed by atoms with van der Waals surface area (Å²) in [5, 5.41) is 11.5. The topological polar surface area (TPSA) is 58.3 Å². The van der Waals surface area contributed by atoms with Crippen LogP contribution in [-0.4, -0.2) is 11.7 Å². The van der Waals surface area contributed by atoms with Gasteiger partial charge in [-0.3, -0.25) is 0 Å². The van der Waals surface area contributed by atoms with Gasteiger partial charge in [0.2, 0.25) is 0 Å². The molecule has 0 spiro atoms. The molecule has 0 saturated heterocycles. The first-order valence-electron chi connectivity index (χ1n) is 3.63. The third-order valence-electron chi connectivity index (χ3n) is 1.28. The minimum absolute atomic E-state index is 0.169. The molecule has 0 fully saturated rings. The van der Waals surface area contributed by atoms with Crippen molar-refractivity contribution in [1.82, 2.24) is 5.32 Å². The Bertz CT molecular complexity index is 143. The van der Waals surface area contributed by atoms with Gasteiger partial charge in [-0.2, -0.15) is 0 Å². The van der Waals surface area contributed by atoms with Crippen LogP contribution in [0.15, 0.2) is 24.7 Å². The Hall–Kier alpha value is -0.960. The van der Waals surface area contributed by atoms with E-state index in [0.717, 1.165) is 5.70 Å². The number of aliphatic hydroxyl groups excluding tert-OH is 1. The zero-order valence-corrected chi connectivity index (χ0v) is 6.88. The second kappa shape index (κ2) is 5.80. The Balaban J connectivity index is 3.65. The fraction of sp³-hybridized carbons (Fsp3) is 0.500. The minimum Gasteiger partial charge on any atom is -0.401 e. The van der Waals surface area contributed by atoms with Gasteiger partial charge in [-0.25, -0.2) is 0 Å². The van der Waals surface area contributed by atoms with E-state index in [-0.39, 0.29) is 12.5 Å². The molecule has 0 aromatic heterocycles. The van der Waals surface area contributed by atoms with Gasteiger partial charge in [0.05, 0.1) is 0 Å². The highest BCUT2D eigenvalue weighted by Gasteiger charge is 2.00. The molecule has 0 radical (unpaired) electrons. The van der Waals surface area contributed by atoms with Crippen LogP contribution in [0.1, 0.15) is 13.3 Å². The van der Waals surface area contributed by atoms with E-state index in [4.69, 9.17) is 10.8 Å². The minimum atomic E-state index is 0.169. The van der Waals surface area contributed by atoms with Crippen molar-refractivity contribution in [3.63, 3.8) is 0 Å². The molecule has 0 aliphatic rings. The molecule has 0 heterocycles. The molecule has 3 heteroatoms. The second-order valence-corrected chi connectivity index (χ2v) is 2.58. The Kier molecular flexibility index (Phi) is 5.29. The number of nitrogens with two attached hydrogens (primary N) is 1. The molecule has 4 N–H and O–H groups in total. The molecule has 0 aliphatic carbocycles. The molecule has 0 aliphatic heterocycles. The van der Waals surface area contributed by atoms with Gasteiger partial charge in [0, 0.05) is 18.5 Å². The third-order valence-corrected chi connectivity index (χ3v) is 1.28. The standard InChI is InChI=1S/C8H16N2O/c1-3-10-5-8(9)4-7(2)6-11/h3,5,7,10-11H,1,4,6,9H2,2H3/b8-5-/t7-/m0/s1. The average Bonchev–Trinajstić information content (AvgIpc) is 2.00. The molecule has 1 atom stereocenters. The lowest BCUT2D eigenvalue weighted by Gasteiger charge is -2.06. The van der Waals surface area contributed by atoms with Gasteiger partial charge in [0.1, 0.15) is 0 Å². The molecule has 0 rings (SSSR count). The predicted octanol–water partition coefficient (Wildman–Crippen LogP) is 0.538. The van der Waals surface area contributed by atoms with Gasteiger partial charge in [-0.1, -0.05) is 13.5 Å². The number of allylic oxidation sites excluding steroid dienone is 1. The van der Waals surface area contributed by atoms with Gasteiger partial charge in [-0.15, -0.1) is 0 Å². The van der Waals surface area contributed by atoms with E-state index in [0.29, 0.717) is 6.42 Å². The summed E-state index contributed by atoms with van der Waals surface area (Å²) in [7, 11) is 0. The molecular formula is C8H16N2O. The lowest BCUT2D eigenvalue weighted by molar-refractivity contribution is 0.236. The lowest BCUT2D eigenvalue weighted by Crippen LogP contribution is -2.10. The summed E-state index contributed by atoms with van der Waals surface area (Å²) in [4.78, 5) is 0. The summed E-state index contributed by atoms with van der Waals surface area (Å²) in [5.41, 5.74) is 6.30. The molecule has 0 saturated carbocycles. The van der Waals surface area contributed by atoms with E-state index in [1.807, 2.05) is 6.92 Å². The summed E-state index contributed by atoms with van der Waals surface area (Å²) < 4.78 is 0. The van der Waals surface area contributed by atoms with Crippen LogP contribution in [0.2, 0.25) is 0 Å². The third kappa shape index (κ3) is 5.48. The molecular weight excluding hydrogens is 140 g/mol. The summed E-state index contributed by atoms with van der Waals surface area (Å²) in [6, 6.07) is 0. The fourth-order valence-electron chi connectivity index (χ4n) is 0.692. The normalized spacial score (nSPS) is 14.2. The Morgan fingerprint density at radius 2 is 2.45 bits per heavy atom. The van der Waals surface area contributed by atoms with Crippen molar-refractivity contribution in [2.45, 2.75) is 13.3 Å². The average molecular weight is 156 g/mol. The second-order valence-electron chi connectivity index (χ2n) is 2.58. The molecule has 3 nitrogen and oxygen atoms in total. The first kappa shape index (κ1) is 10.0. The van der Waals surface area contributed by atoms with E-state index in [1.54, 1.807) is 12.4 Å². The van der Waals surface area contributed by atoms with Crippen LogP contribution in [0.25, 0.3) is 0 Å². The monoisotopic (exact) mass is 156 g/mol. The Morgan fingerprint density at radius 3 is 2.91 bits per heavy atom. The number of rotatable bonds is 5. The molecule has 64 valence electrons. The van der Waals surface area contributed by atoms with E-state index < -0.39 is 0 Å². The van der Waals surface area contributed by atoms with Crippen LogP contribution in [0, 0.1) is 5.92 Å². The summed E-state index contributed by atoms with van der Waals surface area (Å²) in [5.74, 6) is 0.220. The van der Waals surface area contributed by atoms with Crippen LogP contribution in [-0.2, 0) is 0 Å². The van der Waals surface area contributed by atoms with Gasteiger partial charge < -0.3 is 16.2 Å². The van der Waals surface area contributed by atoms with Crippen molar-refractivity contribution < 1.29 is 5.11 Å². The molecule has 0 amide bonds. The zero-order chi connectivity index (χ0) is 8.69. The van der Waals surface area contributed by atoms with E-state index in [2.05, 4.69) is 11.9 Å². The number of hydrogen-bond donors (Lipinski definition) is 3. The quantitative estimate of drug-likeness (QED) is 0.544. The van der Waals surface area contributed by atoms with Crippen molar-refractivity contribution >= 4 is 0 Å². The van der Waals surface area contributed by atoms with Crippen LogP contribution in [0.5, 0.6) is 0 Å². The van der Waals surface area contributed by atoms with Gasteiger partial charge in [0.25, 0.3) is 0 Å². The molecule has 0 aromatic carbocycles. The smallest absolute Gasteiger partial charge is 0.0460 e. The van der Waals surface area contributed by atoms with Crippen molar-refractivity contribution in [2.75, 3.05) is 6.61 Å². The molecule has 0 unspecified atom stereocenters. The van der Waals surface area contributed by atoms with Crippen molar-refractivity contribution in [3.8, 4) is 0 Å². The van der Waals surface area contributed by atoms with Crippen LogP contribution in [0.3, 0.4) is 0 Å². The largest absolute Gasteiger partial charge is 0.401 e. The zero-order valence-electron chi connectivity index (χ0n) is 6.88. The van der Waals surface area contributed by atoms with Crippen LogP contribution < -0.4 is 11.1 Å². The van der Waals surface area contributed by atoms with E-state index in [9.17, 15) is 0 Å². The summed E-state index contributed by atoms with van der Waals surface area (Å²) in [6.07, 6.45) is 3.94. The van der Waals surface area contributed by atoms with Crippen LogP contribution >= 0.6 is 0 Å². The van der Waals surface area contributed by atoms with Crippen molar-refractivity contribution in [1.29, 1.82) is 0 Å². The number of hydrogen-bond acceptors (Lipinski definition) is 3. The number of nitrogens with one attached hydrogen (secondary N) is 1. The summed E-state index contributed by atoms with van der Waals surface area (Å²) in [6.45, 7) is 5.58. The maximum absolute atomic E-state index is 8.69. The predicted molar refractivity (Wildman–Crippen MR) is 46.5 cm³/mol. The van der Waals surface area contributed by atoms with Crippen molar-refractivity contribution in [3.05, 3.63) is 24.7 Å². The maximum atomic E-state index is 8.69. The fourth-order valence-corrected chi connectivity index (χ4v) is 0.692. The Labute approximate surface area is 67.6 Å². The molecule has 0 aromatic rings. The first-order chi connectivity index (χ1) is 5.20. The van der Waals surface area contributed by atoms with Gasteiger partial charge >= 0.3 is 0 Å². The molecule has 11 heavy (non-hydrogen) atoms. The highest BCUT2D eigenvalue weighted by Crippen LogP contribution is 2.04. The highest BCUT2D eigenvalue weighted by molar-refractivity contribution is 4.97. The highest BCUT2D eigenvalue weighted by atomic mass is 16.3. The number of aliphatic hydroxyl groups is 1. The lowest BCUT2D eigenvalue weighted by atomic mass is 10.1. The van der Waals surface area contributed by atoms with Crippen molar-refractivity contribution in [2.24, 2.45) is 11.7 Å². The molecule has 0 bridgehead atoms.